The van der Waals surface area contributed by atoms with Gasteiger partial charge in [-0.1, -0.05) is 0 Å². The van der Waals surface area contributed by atoms with Crippen LogP contribution < -0.4 is 5.73 Å². The van der Waals surface area contributed by atoms with Crippen LogP contribution in [0.25, 0.3) is 0 Å². The highest BCUT2D eigenvalue weighted by molar-refractivity contribution is 7.09. The Bertz CT molecular complexity index is 370. The largest absolute Gasteiger partial charge is 0.337 e. The highest BCUT2D eigenvalue weighted by Crippen LogP contribution is 2.27. The Hall–Kier alpha value is -0.940. The van der Waals surface area contributed by atoms with Crippen molar-refractivity contribution in [3.05, 3.63) is 16.1 Å². The number of nitrogens with two attached hydrogens (primary N) is 1. The molecule has 1 fully saturated rings. The minimum atomic E-state index is -0.0946. The first-order chi connectivity index (χ1) is 7.09. The Balaban J connectivity index is 2.10. The van der Waals surface area contributed by atoms with Gasteiger partial charge in [0.1, 0.15) is 10.7 Å². The van der Waals surface area contributed by atoms with Gasteiger partial charge in [-0.15, -0.1) is 11.3 Å². The summed E-state index contributed by atoms with van der Waals surface area (Å²) in [7, 11) is 1.84. The molecular weight excluding hydrogens is 210 g/mol. The van der Waals surface area contributed by atoms with Crippen LogP contribution in [-0.4, -0.2) is 28.9 Å². The van der Waals surface area contributed by atoms with Crippen LogP contribution in [0.3, 0.4) is 0 Å². The number of hydrogen-bond acceptors (Lipinski definition) is 4. The highest BCUT2D eigenvalue weighted by Gasteiger charge is 2.31. The Morgan fingerprint density at radius 3 is 2.87 bits per heavy atom. The zero-order valence-corrected chi connectivity index (χ0v) is 9.75. The maximum Gasteiger partial charge on any atom is 0.273 e. The third-order valence-corrected chi connectivity index (χ3v) is 3.59. The van der Waals surface area contributed by atoms with E-state index in [1.807, 2.05) is 14.0 Å². The lowest BCUT2D eigenvalue weighted by atomic mass is 10.3. The van der Waals surface area contributed by atoms with Crippen LogP contribution >= 0.6 is 11.3 Å². The summed E-state index contributed by atoms with van der Waals surface area (Å²) in [5.74, 6) is 0.0145. The van der Waals surface area contributed by atoms with Crippen molar-refractivity contribution in [2.45, 2.75) is 31.8 Å². The van der Waals surface area contributed by atoms with Crippen molar-refractivity contribution in [2.75, 3.05) is 7.05 Å². The molecule has 0 radical (unpaired) electrons. The average molecular weight is 225 g/mol. The second-order valence-corrected chi connectivity index (χ2v) is 4.90. The summed E-state index contributed by atoms with van der Waals surface area (Å²) >= 11 is 1.45. The van der Waals surface area contributed by atoms with Crippen molar-refractivity contribution in [1.82, 2.24) is 9.88 Å². The number of amides is 1. The van der Waals surface area contributed by atoms with E-state index in [9.17, 15) is 4.79 Å². The lowest BCUT2D eigenvalue weighted by Gasteiger charge is -2.14. The van der Waals surface area contributed by atoms with Crippen molar-refractivity contribution in [2.24, 2.45) is 5.73 Å². The van der Waals surface area contributed by atoms with Crippen LogP contribution in [0.5, 0.6) is 0 Å². The van der Waals surface area contributed by atoms with Crippen molar-refractivity contribution < 1.29 is 4.79 Å². The van der Waals surface area contributed by atoms with Gasteiger partial charge in [0, 0.05) is 18.5 Å². The van der Waals surface area contributed by atoms with Gasteiger partial charge < -0.3 is 10.6 Å². The van der Waals surface area contributed by atoms with E-state index in [-0.39, 0.29) is 11.9 Å². The molecule has 1 heterocycles. The second kappa shape index (κ2) is 3.90. The molecular formula is C10H15N3OS. The average Bonchev–Trinajstić information content (AvgIpc) is 2.93. The predicted molar refractivity (Wildman–Crippen MR) is 59.8 cm³/mol. The predicted octanol–water partition coefficient (Wildman–Crippen LogP) is 1.40. The SMILES string of the molecule is CC(N)c1nc(C(=O)N(C)C2CC2)cs1. The molecule has 1 aromatic rings. The monoisotopic (exact) mass is 225 g/mol. The molecule has 1 aliphatic rings. The molecule has 0 saturated heterocycles. The molecule has 4 nitrogen and oxygen atoms in total. The molecule has 2 N–H and O–H groups in total. The molecule has 0 spiro atoms. The zero-order valence-electron chi connectivity index (χ0n) is 8.93. The van der Waals surface area contributed by atoms with Crippen molar-refractivity contribution >= 4 is 17.2 Å². The molecule has 0 aromatic carbocycles. The molecule has 15 heavy (non-hydrogen) atoms. The van der Waals surface area contributed by atoms with Gasteiger partial charge >= 0.3 is 0 Å². The standard InChI is InChI=1S/C10H15N3OS/c1-6(11)9-12-8(5-15-9)10(14)13(2)7-3-4-7/h5-7H,3-4,11H2,1-2H3. The molecule has 1 unspecified atom stereocenters. The van der Waals surface area contributed by atoms with Crippen molar-refractivity contribution in [1.29, 1.82) is 0 Å². The van der Waals surface area contributed by atoms with Crippen LogP contribution in [-0.2, 0) is 0 Å². The zero-order chi connectivity index (χ0) is 11.0. The van der Waals surface area contributed by atoms with Gasteiger partial charge in [-0.2, -0.15) is 0 Å². The Morgan fingerprint density at radius 1 is 1.73 bits per heavy atom. The maximum absolute atomic E-state index is 11.9. The van der Waals surface area contributed by atoms with E-state index in [2.05, 4.69) is 4.98 Å². The topological polar surface area (TPSA) is 59.2 Å². The maximum atomic E-state index is 11.9. The summed E-state index contributed by atoms with van der Waals surface area (Å²) in [6, 6.07) is 0.334. The molecule has 5 heteroatoms. The van der Waals surface area contributed by atoms with Crippen molar-refractivity contribution in [3.8, 4) is 0 Å². The molecule has 1 aliphatic carbocycles. The van der Waals surface area contributed by atoms with Gasteiger partial charge in [0.25, 0.3) is 5.91 Å². The molecule has 1 amide bonds. The highest BCUT2D eigenvalue weighted by atomic mass is 32.1. The van der Waals surface area contributed by atoms with E-state index >= 15 is 0 Å². The van der Waals surface area contributed by atoms with Crippen LogP contribution in [0.1, 0.15) is 41.3 Å². The van der Waals surface area contributed by atoms with E-state index in [0.29, 0.717) is 11.7 Å². The summed E-state index contributed by atoms with van der Waals surface area (Å²) in [5.41, 5.74) is 6.23. The third kappa shape index (κ3) is 2.18. The normalized spacial score (nSPS) is 17.5. The Labute approximate surface area is 93.1 Å². The summed E-state index contributed by atoms with van der Waals surface area (Å²) in [4.78, 5) is 17.9. The number of carbonyl (C=O) groups excluding carboxylic acids is 1. The third-order valence-electron chi connectivity index (χ3n) is 2.55. The molecule has 0 bridgehead atoms. The number of carbonyl (C=O) groups is 1. The second-order valence-electron chi connectivity index (χ2n) is 4.01. The number of aromatic nitrogens is 1. The number of nitrogens with zero attached hydrogens (tertiary/aromatic N) is 2. The lowest BCUT2D eigenvalue weighted by Crippen LogP contribution is -2.29. The van der Waals surface area contributed by atoms with E-state index in [0.717, 1.165) is 17.8 Å². The quantitative estimate of drug-likeness (QED) is 0.845. The summed E-state index contributed by atoms with van der Waals surface area (Å²) in [6.07, 6.45) is 2.24. The van der Waals surface area contributed by atoms with E-state index in [1.165, 1.54) is 11.3 Å². The summed E-state index contributed by atoms with van der Waals surface area (Å²) in [5, 5.41) is 2.61. The molecule has 1 saturated carbocycles. The molecule has 0 aliphatic heterocycles. The first-order valence-electron chi connectivity index (χ1n) is 5.07. The number of rotatable bonds is 3. The Morgan fingerprint density at radius 2 is 2.40 bits per heavy atom. The van der Waals surface area contributed by atoms with Gasteiger partial charge in [0.15, 0.2) is 0 Å². The fourth-order valence-electron chi connectivity index (χ4n) is 1.40. The van der Waals surface area contributed by atoms with Crippen LogP contribution in [0.2, 0.25) is 0 Å². The minimum absolute atomic E-state index is 0.0145. The van der Waals surface area contributed by atoms with Crippen LogP contribution in [0.15, 0.2) is 5.38 Å². The van der Waals surface area contributed by atoms with E-state index in [1.54, 1.807) is 10.3 Å². The molecule has 1 atom stereocenters. The first-order valence-corrected chi connectivity index (χ1v) is 5.95. The molecule has 82 valence electrons. The van der Waals surface area contributed by atoms with E-state index < -0.39 is 0 Å². The molecule has 2 rings (SSSR count). The fourth-order valence-corrected chi connectivity index (χ4v) is 2.15. The van der Waals surface area contributed by atoms with Gasteiger partial charge in [-0.05, 0) is 19.8 Å². The fraction of sp³-hybridized carbons (Fsp3) is 0.600. The number of hydrogen-bond donors (Lipinski definition) is 1. The summed E-state index contributed by atoms with van der Waals surface area (Å²) < 4.78 is 0. The van der Waals surface area contributed by atoms with Gasteiger partial charge in [-0.25, -0.2) is 4.98 Å². The van der Waals surface area contributed by atoms with Crippen molar-refractivity contribution in [3.63, 3.8) is 0 Å². The van der Waals surface area contributed by atoms with Gasteiger partial charge in [-0.3, -0.25) is 4.79 Å². The van der Waals surface area contributed by atoms with Gasteiger partial charge in [0.05, 0.1) is 6.04 Å². The lowest BCUT2D eigenvalue weighted by molar-refractivity contribution is 0.0780. The first kappa shape index (κ1) is 10.6. The van der Waals surface area contributed by atoms with Crippen LogP contribution in [0, 0.1) is 0 Å². The smallest absolute Gasteiger partial charge is 0.273 e. The summed E-state index contributed by atoms with van der Waals surface area (Å²) in [6.45, 7) is 1.87. The number of thiazole rings is 1. The minimum Gasteiger partial charge on any atom is -0.337 e. The van der Waals surface area contributed by atoms with E-state index in [4.69, 9.17) is 5.73 Å². The Kier molecular flexibility index (Phi) is 2.75. The van der Waals surface area contributed by atoms with Gasteiger partial charge in [0.2, 0.25) is 0 Å². The molecule has 1 aromatic heterocycles. The van der Waals surface area contributed by atoms with Crippen LogP contribution in [0.4, 0.5) is 0 Å².